The van der Waals surface area contributed by atoms with E-state index >= 15 is 13.6 Å². The number of likely N-dealkylation sites (tertiary alicyclic amines) is 1. The summed E-state index contributed by atoms with van der Waals surface area (Å²) < 4.78 is 344. The molecule has 0 aliphatic carbocycles. The number of halogens is 5. The summed E-state index contributed by atoms with van der Waals surface area (Å²) >= 11 is -0.604. The van der Waals surface area contributed by atoms with Crippen LogP contribution in [0.5, 0.6) is 0 Å². The first-order chi connectivity index (χ1) is 37.7. The number of ether oxygens (including phenoxy) is 1. The number of pyridine rings is 1. The zero-order chi connectivity index (χ0) is 64.9. The molecule has 1 amide bonds. The molecule has 4 aromatic carbocycles. The number of methoxy groups -OCH3 is 1. The number of fused-ring (bicyclic) bond motifs is 1. The van der Waals surface area contributed by atoms with E-state index in [1.807, 2.05) is 0 Å². The maximum atomic E-state index is 15.7. The molecule has 0 atom stereocenters. The number of rotatable bonds is 12. The standard InChI is InChI=1S/C41H40F5N3O3S/c1-27-6-15-36-34(22-27)37(50)23-39(53-26-31-4-3-5-35(42)40(31)43)49(36)25-38(51)48(33-16-18-47(19-17-33)20-21-52-2)24-28-7-9-29(10-8-28)30-11-13-32(14-12-30)41(44,45)46/h3-15,22-23,33H,16-21,24-26H2,1-2H3/i2D3,3D,4D,5D,6D,7D,8D,9D,10D,11D,12D,13D,14D,15D,16D2,17D2,18D2,19D2,21D2,22D,23D,26D2,33D. The fourth-order valence-corrected chi connectivity index (χ4v) is 5.11. The molecular weight excluding hydrogens is 710 g/mol. The summed E-state index contributed by atoms with van der Waals surface area (Å²) in [7, 11) is -3.72. The highest BCUT2D eigenvalue weighted by Crippen LogP contribution is 2.32. The number of piperidine rings is 1. The van der Waals surface area contributed by atoms with Gasteiger partial charge in [0.25, 0.3) is 0 Å². The van der Waals surface area contributed by atoms with Gasteiger partial charge in [-0.1, -0.05) is 59.9 Å². The van der Waals surface area contributed by atoms with Crippen LogP contribution < -0.4 is 5.43 Å². The number of aromatic nitrogens is 1. The van der Waals surface area contributed by atoms with Gasteiger partial charge >= 0.3 is 6.18 Å². The van der Waals surface area contributed by atoms with E-state index in [0.717, 1.165) is 6.92 Å². The van der Waals surface area contributed by atoms with Gasteiger partial charge in [-0.25, -0.2) is 8.78 Å². The molecule has 0 unspecified atom stereocenters. The quantitative estimate of drug-likeness (QED) is 0.0938. The molecule has 0 N–H and O–H groups in total. The van der Waals surface area contributed by atoms with E-state index in [9.17, 15) is 24.8 Å². The van der Waals surface area contributed by atoms with Crippen molar-refractivity contribution >= 4 is 28.6 Å². The molecule has 53 heavy (non-hydrogen) atoms. The van der Waals surface area contributed by atoms with Crippen molar-refractivity contribution < 1.29 is 74.0 Å². The Balaban J connectivity index is 1.76. The van der Waals surface area contributed by atoms with Crippen molar-refractivity contribution in [2.75, 3.05) is 33.1 Å². The molecule has 1 fully saturated rings. The Bertz CT molecular complexity index is 3570. The van der Waals surface area contributed by atoms with Gasteiger partial charge in [-0.3, -0.25) is 9.59 Å². The van der Waals surface area contributed by atoms with Gasteiger partial charge in [0.2, 0.25) is 5.91 Å². The number of carbonyl (C=O) groups excluding carboxylic acids is 1. The van der Waals surface area contributed by atoms with Crippen molar-refractivity contribution in [3.05, 3.63) is 135 Å². The van der Waals surface area contributed by atoms with Crippen LogP contribution in [0, 0.1) is 18.6 Å². The average molecular weight is 781 g/mol. The zero-order valence-corrected chi connectivity index (χ0v) is 27.3. The summed E-state index contributed by atoms with van der Waals surface area (Å²) in [5.41, 5.74) is -14.9. The number of nitrogens with zero attached hydrogens (tertiary/aromatic N) is 3. The fourth-order valence-electron chi connectivity index (χ4n) is 4.36. The number of carbonyl (C=O) groups is 1. The van der Waals surface area contributed by atoms with Crippen molar-refractivity contribution in [2.24, 2.45) is 0 Å². The van der Waals surface area contributed by atoms with Crippen LogP contribution in [0.2, 0.25) is 0 Å². The van der Waals surface area contributed by atoms with Crippen LogP contribution >= 0.6 is 11.8 Å². The lowest BCUT2D eigenvalue weighted by Gasteiger charge is -2.39. The molecule has 1 saturated heterocycles. The normalized spacial score (nSPS) is 27.8. The summed E-state index contributed by atoms with van der Waals surface area (Å²) in [5.74, 6) is -6.75. The van der Waals surface area contributed by atoms with E-state index in [2.05, 4.69) is 4.74 Å². The van der Waals surface area contributed by atoms with E-state index in [0.29, 0.717) is 0 Å². The maximum absolute atomic E-state index is 15.7. The summed E-state index contributed by atoms with van der Waals surface area (Å²) in [4.78, 5) is 28.7. The lowest BCUT2D eigenvalue weighted by atomic mass is 10.00. The highest BCUT2D eigenvalue weighted by atomic mass is 32.2. The average Bonchev–Trinajstić information content (AvgIpc) is 0.680. The molecule has 0 bridgehead atoms. The third kappa shape index (κ3) is 9.17. The Labute approximate surface area is 352 Å². The Morgan fingerprint density at radius 3 is 2.42 bits per heavy atom. The van der Waals surface area contributed by atoms with Crippen molar-refractivity contribution in [1.82, 2.24) is 14.4 Å². The van der Waals surface area contributed by atoms with Crippen LogP contribution in [0.1, 0.15) is 77.5 Å². The number of benzene rings is 4. The fraction of sp³-hybridized carbons (Fsp3) is 0.317. The zero-order valence-electron chi connectivity index (χ0n) is 57.5. The minimum Gasteiger partial charge on any atom is -0.383 e. The number of hydrogen-bond donors (Lipinski definition) is 0. The second kappa shape index (κ2) is 16.7. The van der Waals surface area contributed by atoms with Crippen molar-refractivity contribution in [3.8, 4) is 11.1 Å². The van der Waals surface area contributed by atoms with E-state index in [1.165, 1.54) is 0 Å². The van der Waals surface area contributed by atoms with Crippen molar-refractivity contribution in [3.63, 3.8) is 0 Å². The van der Waals surface area contributed by atoms with Gasteiger partial charge in [-0.15, -0.1) is 11.8 Å². The largest absolute Gasteiger partial charge is 0.416 e. The third-order valence-corrected chi connectivity index (χ3v) is 7.65. The summed E-state index contributed by atoms with van der Waals surface area (Å²) in [6.07, 6.45) is -14.9. The summed E-state index contributed by atoms with van der Waals surface area (Å²) in [6.45, 7) is -17.9. The first kappa shape index (κ1) is 15.3. The Hall–Kier alpha value is -4.52. The molecule has 6 nitrogen and oxygen atoms in total. The van der Waals surface area contributed by atoms with E-state index < -0.39 is 261 Å². The number of amides is 1. The van der Waals surface area contributed by atoms with E-state index in [1.54, 1.807) is 0 Å². The number of hydrogen-bond acceptors (Lipinski definition) is 5. The second-order valence-corrected chi connectivity index (χ2v) is 11.2. The minimum atomic E-state index is -5.56. The Morgan fingerprint density at radius 1 is 1.04 bits per heavy atom. The lowest BCUT2D eigenvalue weighted by Crippen LogP contribution is -2.48. The molecule has 278 valence electrons. The SMILES string of the molecule is [2H]c1c([2H])c(F)c(F)c(C([2H])([2H])Sc2c([2H])c(=O)c3c([2H])c(C)c([2H])c([2H])c3n2CC(=O)N(Cc2c([2H])c([2H])c(-c3c([2H])c([2H])c(C(F)(F)F)c([2H])c3[2H])c([2H])c2[2H])C2([2H])C([2H])([2H])C([2H])([2H])N(CC([2H])([2H])OC([2H])([2H])[2H])C([2H])([2H])C2([2H])[2H])c1[2H]. The molecule has 0 spiro atoms. The van der Waals surface area contributed by atoms with Crippen LogP contribution in [0.4, 0.5) is 22.0 Å². The molecule has 12 heteroatoms. The highest BCUT2D eigenvalue weighted by molar-refractivity contribution is 7.98. The first-order valence-electron chi connectivity index (χ1n) is 30.0. The molecule has 0 saturated carbocycles. The second-order valence-electron chi connectivity index (χ2n) is 10.4. The maximum Gasteiger partial charge on any atom is 0.416 e. The van der Waals surface area contributed by atoms with Gasteiger partial charge in [0, 0.05) is 75.5 Å². The van der Waals surface area contributed by atoms with Crippen molar-refractivity contribution in [1.29, 1.82) is 0 Å². The Kier molecular flexibility index (Phi) is 4.81. The van der Waals surface area contributed by atoms with Crippen LogP contribution in [0.3, 0.4) is 0 Å². The molecule has 1 aromatic heterocycles. The van der Waals surface area contributed by atoms with Gasteiger partial charge in [-0.2, -0.15) is 13.2 Å². The van der Waals surface area contributed by atoms with Crippen LogP contribution in [-0.2, 0) is 34.5 Å². The molecule has 5 aromatic rings. The molecule has 1 aliphatic rings. The molecule has 0 radical (unpaired) electrons. The number of alkyl halides is 3. The monoisotopic (exact) mass is 780 g/mol. The summed E-state index contributed by atoms with van der Waals surface area (Å²) in [5, 5.41) is -2.46. The topological polar surface area (TPSA) is 54.8 Å². The number of thioether (sulfide) groups is 1. The minimum absolute atomic E-state index is 0.145. The smallest absolute Gasteiger partial charge is 0.383 e. The van der Waals surface area contributed by atoms with Crippen LogP contribution in [-0.4, -0.2) is 59.4 Å². The predicted octanol–water partition coefficient (Wildman–Crippen LogP) is 8.71. The molecular formula is C41H40F5N3O3S. The van der Waals surface area contributed by atoms with Gasteiger partial charge in [0.15, 0.2) is 17.1 Å². The highest BCUT2D eigenvalue weighted by Gasteiger charge is 2.31. The Morgan fingerprint density at radius 2 is 1.74 bits per heavy atom. The van der Waals surface area contributed by atoms with E-state index in [-0.39, 0.29) is 4.57 Å². The van der Waals surface area contributed by atoms with Crippen LogP contribution in [0.25, 0.3) is 22.0 Å². The van der Waals surface area contributed by atoms with Gasteiger partial charge in [0.05, 0.1) is 51.5 Å². The van der Waals surface area contributed by atoms with Gasteiger partial charge in [0.1, 0.15) is 6.54 Å². The van der Waals surface area contributed by atoms with E-state index in [4.69, 9.17) is 35.6 Å². The predicted molar refractivity (Wildman–Crippen MR) is 198 cm³/mol. The van der Waals surface area contributed by atoms with Crippen molar-refractivity contribution in [2.45, 2.75) is 55.7 Å². The molecule has 1 aliphatic heterocycles. The summed E-state index contributed by atoms with van der Waals surface area (Å²) in [6, 6.07) is -27.0. The lowest BCUT2D eigenvalue weighted by molar-refractivity contribution is -0.137. The molecule has 6 rings (SSSR count). The van der Waals surface area contributed by atoms with Gasteiger partial charge in [-0.05, 0) is 66.6 Å². The third-order valence-electron chi connectivity index (χ3n) is 6.83. The van der Waals surface area contributed by atoms with Crippen LogP contribution in [0.15, 0.2) is 100 Å². The van der Waals surface area contributed by atoms with Gasteiger partial charge < -0.3 is 19.1 Å². The first-order valence-corrected chi connectivity index (χ1v) is 15.3. The molecule has 2 heterocycles.